The molecular formula is C12H8F2N4O2. The topological polar surface area (TPSA) is 81.0 Å². The minimum atomic E-state index is -1.26. The van der Waals surface area contributed by atoms with Gasteiger partial charge in [-0.05, 0) is 6.07 Å². The lowest BCUT2D eigenvalue weighted by molar-refractivity contribution is -0.387. The molecule has 0 amide bonds. The Morgan fingerprint density at radius 3 is 2.85 bits per heavy atom. The highest BCUT2D eigenvalue weighted by molar-refractivity contribution is 5.61. The van der Waals surface area contributed by atoms with Crippen molar-refractivity contribution < 1.29 is 13.7 Å². The highest BCUT2D eigenvalue weighted by Gasteiger charge is 2.25. The van der Waals surface area contributed by atoms with Crippen LogP contribution >= 0.6 is 0 Å². The summed E-state index contributed by atoms with van der Waals surface area (Å²) >= 11 is 0. The molecule has 8 heteroatoms. The Balaban J connectivity index is 2.19. The lowest BCUT2D eigenvalue weighted by Crippen LogP contribution is -2.03. The van der Waals surface area contributed by atoms with Gasteiger partial charge in [0.2, 0.25) is 5.82 Å². The van der Waals surface area contributed by atoms with Crippen LogP contribution in [0, 0.1) is 21.7 Å². The molecule has 2 heterocycles. The first-order chi connectivity index (χ1) is 9.58. The normalized spacial score (nSPS) is 13.3. The summed E-state index contributed by atoms with van der Waals surface area (Å²) in [5, 5.41) is 13.7. The van der Waals surface area contributed by atoms with Gasteiger partial charge in [-0.1, -0.05) is 0 Å². The summed E-state index contributed by atoms with van der Waals surface area (Å²) in [5.41, 5.74) is 0.109. The largest absolute Gasteiger partial charge is 0.307 e. The van der Waals surface area contributed by atoms with Crippen LogP contribution in [0.4, 0.5) is 14.5 Å². The van der Waals surface area contributed by atoms with E-state index in [1.807, 2.05) is 0 Å². The van der Waals surface area contributed by atoms with Gasteiger partial charge in [0.15, 0.2) is 5.82 Å². The number of benzene rings is 1. The van der Waals surface area contributed by atoms with Gasteiger partial charge in [0.25, 0.3) is 0 Å². The van der Waals surface area contributed by atoms with Gasteiger partial charge in [-0.15, -0.1) is 0 Å². The highest BCUT2D eigenvalue weighted by atomic mass is 19.1. The average molecular weight is 278 g/mol. The molecule has 1 N–H and O–H groups in total. The number of hydrogen-bond donors (Lipinski definition) is 1. The van der Waals surface area contributed by atoms with Crippen molar-refractivity contribution in [3.05, 3.63) is 51.3 Å². The van der Waals surface area contributed by atoms with Crippen molar-refractivity contribution in [2.75, 3.05) is 0 Å². The number of aromatic nitrogens is 2. The smallest absolute Gasteiger partial charge is 0.305 e. The summed E-state index contributed by atoms with van der Waals surface area (Å²) in [6, 6.07) is 1.62. The Kier molecular flexibility index (Phi) is 2.87. The lowest BCUT2D eigenvalue weighted by atomic mass is 10.1. The van der Waals surface area contributed by atoms with Gasteiger partial charge in [0, 0.05) is 30.9 Å². The summed E-state index contributed by atoms with van der Waals surface area (Å²) < 4.78 is 27.8. The van der Waals surface area contributed by atoms with Crippen molar-refractivity contribution in [3.63, 3.8) is 0 Å². The van der Waals surface area contributed by atoms with Crippen molar-refractivity contribution in [1.82, 2.24) is 15.3 Å². The molecule has 3 rings (SSSR count). The minimum Gasteiger partial charge on any atom is -0.307 e. The fraction of sp³-hybridized carbons (Fsp3) is 0.167. The molecule has 20 heavy (non-hydrogen) atoms. The molecule has 0 spiro atoms. The van der Waals surface area contributed by atoms with Gasteiger partial charge in [-0.25, -0.2) is 14.4 Å². The maximum absolute atomic E-state index is 14.0. The van der Waals surface area contributed by atoms with E-state index < -0.39 is 27.8 Å². The van der Waals surface area contributed by atoms with E-state index in [1.165, 1.54) is 6.20 Å². The van der Waals surface area contributed by atoms with E-state index in [0.717, 1.165) is 17.7 Å². The molecule has 0 unspecified atom stereocenters. The zero-order chi connectivity index (χ0) is 14.3. The Morgan fingerprint density at radius 1 is 1.30 bits per heavy atom. The van der Waals surface area contributed by atoms with Gasteiger partial charge in [0.05, 0.1) is 16.2 Å². The van der Waals surface area contributed by atoms with Crippen LogP contribution in [-0.4, -0.2) is 14.9 Å². The molecule has 1 aliphatic rings. The van der Waals surface area contributed by atoms with E-state index in [9.17, 15) is 18.9 Å². The zero-order valence-corrected chi connectivity index (χ0v) is 10.1. The number of rotatable bonds is 2. The van der Waals surface area contributed by atoms with Crippen LogP contribution in [0.1, 0.15) is 11.3 Å². The molecule has 6 nitrogen and oxygen atoms in total. The Hall–Kier alpha value is -2.48. The number of hydrogen-bond acceptors (Lipinski definition) is 5. The molecule has 0 aliphatic carbocycles. The van der Waals surface area contributed by atoms with Crippen LogP contribution in [0.2, 0.25) is 0 Å². The van der Waals surface area contributed by atoms with Crippen LogP contribution in [0.15, 0.2) is 18.3 Å². The third kappa shape index (κ3) is 1.90. The van der Waals surface area contributed by atoms with E-state index in [4.69, 9.17) is 0 Å². The second kappa shape index (κ2) is 4.57. The predicted molar refractivity (Wildman–Crippen MR) is 64.6 cm³/mol. The molecule has 1 aromatic heterocycles. The lowest BCUT2D eigenvalue weighted by Gasteiger charge is -2.05. The number of fused-ring (bicyclic) bond motifs is 1. The molecule has 1 aromatic carbocycles. The molecular weight excluding hydrogens is 270 g/mol. The van der Waals surface area contributed by atoms with E-state index in [-0.39, 0.29) is 5.82 Å². The molecule has 0 saturated heterocycles. The van der Waals surface area contributed by atoms with Gasteiger partial charge < -0.3 is 5.32 Å². The SMILES string of the molecule is O=[N+]([O-])c1ccc(F)c(-c2ncc3c(n2)CNC3)c1F. The van der Waals surface area contributed by atoms with Crippen molar-refractivity contribution >= 4 is 5.69 Å². The van der Waals surface area contributed by atoms with Gasteiger partial charge in [-0.3, -0.25) is 10.1 Å². The first-order valence-electron chi connectivity index (χ1n) is 5.76. The summed E-state index contributed by atoms with van der Waals surface area (Å²) in [6.45, 7) is 1.07. The summed E-state index contributed by atoms with van der Waals surface area (Å²) in [4.78, 5) is 17.7. The van der Waals surface area contributed by atoms with Gasteiger partial charge in [-0.2, -0.15) is 4.39 Å². The molecule has 0 bridgehead atoms. The molecule has 0 fully saturated rings. The Labute approximate surface area is 111 Å². The summed E-state index contributed by atoms with van der Waals surface area (Å²) in [7, 11) is 0. The maximum Gasteiger partial charge on any atom is 0.305 e. The minimum absolute atomic E-state index is 0.189. The third-order valence-corrected chi connectivity index (χ3v) is 3.05. The molecule has 2 aromatic rings. The summed E-state index contributed by atoms with van der Waals surface area (Å²) in [5.74, 6) is -2.38. The monoisotopic (exact) mass is 278 g/mol. The number of nitro benzene ring substituents is 1. The van der Waals surface area contributed by atoms with Crippen LogP contribution in [0.5, 0.6) is 0 Å². The van der Waals surface area contributed by atoms with Crippen LogP contribution < -0.4 is 5.32 Å². The third-order valence-electron chi connectivity index (χ3n) is 3.05. The molecule has 0 radical (unpaired) electrons. The predicted octanol–water partition coefficient (Wildman–Crippen LogP) is 1.93. The average Bonchev–Trinajstić information content (AvgIpc) is 2.85. The molecule has 102 valence electrons. The number of nitrogens with one attached hydrogen (secondary N) is 1. The van der Waals surface area contributed by atoms with Crippen molar-refractivity contribution in [1.29, 1.82) is 0 Å². The molecule has 1 aliphatic heterocycles. The van der Waals surface area contributed by atoms with E-state index in [0.29, 0.717) is 18.8 Å². The van der Waals surface area contributed by atoms with Crippen LogP contribution in [0.25, 0.3) is 11.4 Å². The second-order valence-corrected chi connectivity index (χ2v) is 4.28. The standard InChI is InChI=1S/C12H8F2N4O2/c13-7-1-2-9(18(19)20)11(14)10(7)12-16-4-6-3-15-5-8(6)17-12/h1-2,4,15H,3,5H2. The maximum atomic E-state index is 14.0. The quantitative estimate of drug-likeness (QED) is 0.670. The fourth-order valence-corrected chi connectivity index (χ4v) is 2.07. The van der Waals surface area contributed by atoms with Crippen LogP contribution in [-0.2, 0) is 13.1 Å². The summed E-state index contributed by atoms with van der Waals surface area (Å²) in [6.07, 6.45) is 1.47. The number of nitrogens with zero attached hydrogens (tertiary/aromatic N) is 3. The highest BCUT2D eigenvalue weighted by Crippen LogP contribution is 2.30. The Bertz CT molecular complexity index is 721. The number of nitro groups is 1. The van der Waals surface area contributed by atoms with Crippen molar-refractivity contribution in [2.45, 2.75) is 13.1 Å². The number of halogens is 2. The zero-order valence-electron chi connectivity index (χ0n) is 10.1. The van der Waals surface area contributed by atoms with Crippen LogP contribution in [0.3, 0.4) is 0 Å². The van der Waals surface area contributed by atoms with E-state index >= 15 is 0 Å². The van der Waals surface area contributed by atoms with E-state index in [1.54, 1.807) is 0 Å². The first-order valence-corrected chi connectivity index (χ1v) is 5.76. The molecule has 0 atom stereocenters. The van der Waals surface area contributed by atoms with E-state index in [2.05, 4.69) is 15.3 Å². The van der Waals surface area contributed by atoms with Crippen molar-refractivity contribution in [2.24, 2.45) is 0 Å². The molecule has 0 saturated carbocycles. The fourth-order valence-electron chi connectivity index (χ4n) is 2.07. The second-order valence-electron chi connectivity index (χ2n) is 4.28. The van der Waals surface area contributed by atoms with Gasteiger partial charge >= 0.3 is 5.69 Å². The van der Waals surface area contributed by atoms with Gasteiger partial charge in [0.1, 0.15) is 5.82 Å². The first kappa shape index (κ1) is 12.5. The Morgan fingerprint density at radius 2 is 2.10 bits per heavy atom. The van der Waals surface area contributed by atoms with Crippen molar-refractivity contribution in [3.8, 4) is 11.4 Å².